The molecule has 1 N–H and O–H groups in total. The van der Waals surface area contributed by atoms with Crippen molar-refractivity contribution in [3.8, 4) is 0 Å². The number of benzene rings is 1. The number of rotatable bonds is 6. The molecule has 140 valence electrons. The lowest BCUT2D eigenvalue weighted by atomic mass is 10.0. The van der Waals surface area contributed by atoms with Gasteiger partial charge in [0.05, 0.1) is 0 Å². The van der Waals surface area contributed by atoms with E-state index in [0.29, 0.717) is 19.5 Å². The average molecular weight is 393 g/mol. The first-order valence-corrected chi connectivity index (χ1v) is 11.2. The van der Waals surface area contributed by atoms with Gasteiger partial charge in [0.25, 0.3) is 5.91 Å². The lowest BCUT2D eigenvalue weighted by Gasteiger charge is -2.28. The third-order valence-electron chi connectivity index (χ3n) is 4.65. The van der Waals surface area contributed by atoms with E-state index in [1.165, 1.54) is 21.2 Å². The van der Waals surface area contributed by atoms with Gasteiger partial charge in [-0.3, -0.25) is 4.79 Å². The largest absolute Gasteiger partial charge is 0.349 e. The molecule has 0 spiro atoms. The number of sulfonamides is 1. The molecule has 2 aromatic rings. The Morgan fingerprint density at radius 2 is 2.00 bits per heavy atom. The monoisotopic (exact) mass is 392 g/mol. The minimum atomic E-state index is -3.70. The van der Waals surface area contributed by atoms with Crippen LogP contribution >= 0.6 is 11.3 Å². The van der Waals surface area contributed by atoms with Crippen LogP contribution in [0.2, 0.25) is 0 Å². The zero-order valence-corrected chi connectivity index (χ0v) is 16.7. The molecular formula is C19H24N2O3S2. The van der Waals surface area contributed by atoms with E-state index in [1.54, 1.807) is 11.4 Å². The Morgan fingerprint density at radius 1 is 1.27 bits per heavy atom. The highest BCUT2D eigenvalue weighted by Crippen LogP contribution is 2.29. The van der Waals surface area contributed by atoms with Gasteiger partial charge in [0.1, 0.15) is 9.77 Å². The maximum atomic E-state index is 13.1. The Balaban J connectivity index is 1.83. The van der Waals surface area contributed by atoms with Gasteiger partial charge in [-0.05, 0) is 42.3 Å². The second-order valence-electron chi connectivity index (χ2n) is 6.63. The Bertz CT molecular complexity index is 890. The van der Waals surface area contributed by atoms with E-state index in [9.17, 15) is 13.2 Å². The Hall–Kier alpha value is -1.70. The van der Waals surface area contributed by atoms with Crippen LogP contribution in [-0.4, -0.2) is 31.2 Å². The fraction of sp³-hybridized carbons (Fsp3) is 0.421. The molecular weight excluding hydrogens is 368 g/mol. The van der Waals surface area contributed by atoms with E-state index >= 15 is 0 Å². The summed E-state index contributed by atoms with van der Waals surface area (Å²) in [7, 11) is -3.70. The van der Waals surface area contributed by atoms with Crippen LogP contribution in [0.15, 0.2) is 40.6 Å². The van der Waals surface area contributed by atoms with E-state index in [2.05, 4.69) is 12.2 Å². The molecule has 7 heteroatoms. The van der Waals surface area contributed by atoms with Gasteiger partial charge in [0.2, 0.25) is 10.0 Å². The molecule has 0 fully saturated rings. The summed E-state index contributed by atoms with van der Waals surface area (Å²) in [6, 6.07) is 9.46. The van der Waals surface area contributed by atoms with Gasteiger partial charge < -0.3 is 5.32 Å². The van der Waals surface area contributed by atoms with Gasteiger partial charge in [-0.25, -0.2) is 8.42 Å². The molecule has 1 amide bonds. The summed E-state index contributed by atoms with van der Waals surface area (Å²) in [5, 5.41) is 4.57. The van der Waals surface area contributed by atoms with Crippen LogP contribution in [0.1, 0.15) is 47.5 Å². The molecule has 5 nitrogen and oxygen atoms in total. The van der Waals surface area contributed by atoms with Crippen molar-refractivity contribution >= 4 is 27.3 Å². The van der Waals surface area contributed by atoms with Crippen molar-refractivity contribution in [3.05, 3.63) is 51.7 Å². The number of hydrogen-bond acceptors (Lipinski definition) is 4. The average Bonchev–Trinajstić information content (AvgIpc) is 3.12. The molecule has 0 bridgehead atoms. The molecule has 3 rings (SSSR count). The van der Waals surface area contributed by atoms with Crippen molar-refractivity contribution in [1.82, 2.24) is 9.62 Å². The molecule has 0 saturated heterocycles. The van der Waals surface area contributed by atoms with Crippen LogP contribution in [0.5, 0.6) is 0 Å². The predicted octanol–water partition coefficient (Wildman–Crippen LogP) is 3.41. The molecule has 0 aliphatic carbocycles. The van der Waals surface area contributed by atoms with Crippen molar-refractivity contribution in [1.29, 1.82) is 0 Å². The quantitative estimate of drug-likeness (QED) is 0.819. The van der Waals surface area contributed by atoms with Gasteiger partial charge in [-0.15, -0.1) is 11.3 Å². The molecule has 26 heavy (non-hydrogen) atoms. The molecule has 1 aliphatic rings. The topological polar surface area (TPSA) is 66.5 Å². The van der Waals surface area contributed by atoms with Crippen LogP contribution in [-0.2, 0) is 23.0 Å². The first-order chi connectivity index (χ1) is 12.4. The first kappa shape index (κ1) is 19.1. The van der Waals surface area contributed by atoms with Crippen LogP contribution in [0.4, 0.5) is 0 Å². The summed E-state index contributed by atoms with van der Waals surface area (Å²) in [5.74, 6) is -0.308. The highest BCUT2D eigenvalue weighted by molar-refractivity contribution is 7.89. The Labute approximate surface area is 159 Å². The summed E-state index contributed by atoms with van der Waals surface area (Å²) >= 11 is 1.18. The first-order valence-electron chi connectivity index (χ1n) is 8.88. The molecule has 1 atom stereocenters. The number of nitrogens with zero attached hydrogens (tertiary/aromatic N) is 1. The van der Waals surface area contributed by atoms with E-state index in [1.807, 2.05) is 31.2 Å². The smallest absolute Gasteiger partial charge is 0.262 e. The maximum Gasteiger partial charge on any atom is 0.262 e. The van der Waals surface area contributed by atoms with Crippen molar-refractivity contribution in [2.45, 2.75) is 50.6 Å². The normalized spacial score (nSPS) is 16.1. The molecule has 1 aromatic heterocycles. The van der Waals surface area contributed by atoms with Crippen LogP contribution in [0.3, 0.4) is 0 Å². The molecule has 1 aliphatic heterocycles. The van der Waals surface area contributed by atoms with E-state index < -0.39 is 10.0 Å². The summed E-state index contributed by atoms with van der Waals surface area (Å²) in [6.45, 7) is 4.77. The summed E-state index contributed by atoms with van der Waals surface area (Å²) in [6.07, 6.45) is 2.51. The maximum absolute atomic E-state index is 13.1. The fourth-order valence-corrected chi connectivity index (χ4v) is 6.00. The van der Waals surface area contributed by atoms with Gasteiger partial charge >= 0.3 is 0 Å². The number of fused-ring (bicyclic) bond motifs is 1. The van der Waals surface area contributed by atoms with E-state index in [4.69, 9.17) is 0 Å². The third-order valence-corrected chi connectivity index (χ3v) is 7.58. The predicted molar refractivity (Wildman–Crippen MR) is 104 cm³/mol. The van der Waals surface area contributed by atoms with Gasteiger partial charge in [0.15, 0.2) is 0 Å². The van der Waals surface area contributed by atoms with Crippen molar-refractivity contribution in [3.63, 3.8) is 0 Å². The second kappa shape index (κ2) is 7.90. The van der Waals surface area contributed by atoms with Gasteiger partial charge in [-0.2, -0.15) is 4.31 Å². The number of nitrogens with one attached hydrogen (secondary N) is 1. The number of thiophene rings is 1. The molecule has 0 saturated carbocycles. The molecule has 2 heterocycles. The minimum absolute atomic E-state index is 0.0204. The highest BCUT2D eigenvalue weighted by atomic mass is 32.2. The SMILES string of the molecule is CCCC(C)NC(=O)c1sccc1S(=O)(=O)N1CCc2ccccc2C1. The lowest BCUT2D eigenvalue weighted by Crippen LogP contribution is -2.37. The van der Waals surface area contributed by atoms with Crippen molar-refractivity contribution < 1.29 is 13.2 Å². The summed E-state index contributed by atoms with van der Waals surface area (Å²) in [4.78, 5) is 12.9. The van der Waals surface area contributed by atoms with E-state index in [-0.39, 0.29) is 21.7 Å². The summed E-state index contributed by atoms with van der Waals surface area (Å²) in [5.41, 5.74) is 2.22. The molecule has 1 aromatic carbocycles. The zero-order valence-electron chi connectivity index (χ0n) is 15.1. The Kier molecular flexibility index (Phi) is 5.79. The minimum Gasteiger partial charge on any atom is -0.349 e. The van der Waals surface area contributed by atoms with Crippen LogP contribution in [0.25, 0.3) is 0 Å². The van der Waals surface area contributed by atoms with Gasteiger partial charge in [-0.1, -0.05) is 37.6 Å². The highest BCUT2D eigenvalue weighted by Gasteiger charge is 2.32. The van der Waals surface area contributed by atoms with Gasteiger partial charge in [0, 0.05) is 19.1 Å². The number of carbonyl (C=O) groups is 1. The fourth-order valence-electron chi connectivity index (χ4n) is 3.27. The van der Waals surface area contributed by atoms with E-state index in [0.717, 1.165) is 18.4 Å². The standard InChI is InChI=1S/C19H24N2O3S2/c1-3-6-14(2)20-19(22)18-17(10-12-25-18)26(23,24)21-11-9-15-7-4-5-8-16(15)13-21/h4-5,7-8,10,12,14H,3,6,9,11,13H2,1-2H3,(H,20,22). The third kappa shape index (κ3) is 3.84. The number of amides is 1. The Morgan fingerprint density at radius 3 is 2.73 bits per heavy atom. The van der Waals surface area contributed by atoms with Crippen molar-refractivity contribution in [2.24, 2.45) is 0 Å². The second-order valence-corrected chi connectivity index (χ2v) is 9.46. The van der Waals surface area contributed by atoms with Crippen LogP contribution < -0.4 is 5.32 Å². The molecule has 1 unspecified atom stereocenters. The van der Waals surface area contributed by atoms with Crippen molar-refractivity contribution in [2.75, 3.05) is 6.54 Å². The zero-order chi connectivity index (χ0) is 18.7. The number of hydrogen-bond donors (Lipinski definition) is 1. The lowest BCUT2D eigenvalue weighted by molar-refractivity contribution is 0.0939. The number of carbonyl (C=O) groups excluding carboxylic acids is 1. The molecule has 0 radical (unpaired) electrons. The van der Waals surface area contributed by atoms with Crippen LogP contribution in [0, 0.1) is 0 Å². The summed E-state index contributed by atoms with van der Waals surface area (Å²) < 4.78 is 27.8.